The van der Waals surface area contributed by atoms with Crippen molar-refractivity contribution in [2.75, 3.05) is 13.2 Å². The molecule has 33 heavy (non-hydrogen) atoms. The zero-order valence-electron chi connectivity index (χ0n) is 17.8. The van der Waals surface area contributed by atoms with Crippen LogP contribution in [0.15, 0.2) is 83.5 Å². The third kappa shape index (κ3) is 5.43. The van der Waals surface area contributed by atoms with Gasteiger partial charge in [0.25, 0.3) is 5.69 Å². The molecule has 0 aliphatic carbocycles. The predicted molar refractivity (Wildman–Crippen MR) is 122 cm³/mol. The molecule has 0 N–H and O–H groups in total. The first kappa shape index (κ1) is 21.8. The van der Waals surface area contributed by atoms with Crippen molar-refractivity contribution in [3.63, 3.8) is 0 Å². The number of aryl methyl sites for hydroxylation is 1. The van der Waals surface area contributed by atoms with E-state index in [0.29, 0.717) is 16.9 Å². The van der Waals surface area contributed by atoms with Gasteiger partial charge < -0.3 is 14.2 Å². The molecule has 0 saturated heterocycles. The van der Waals surface area contributed by atoms with Crippen LogP contribution in [0, 0.1) is 17.0 Å². The summed E-state index contributed by atoms with van der Waals surface area (Å²) in [4.78, 5) is 27.3. The summed E-state index contributed by atoms with van der Waals surface area (Å²) in [5.41, 5.74) is 1.96. The van der Waals surface area contributed by atoms with Crippen LogP contribution in [-0.2, 0) is 9.53 Å². The van der Waals surface area contributed by atoms with E-state index in [1.54, 1.807) is 24.3 Å². The molecule has 3 aromatic carbocycles. The number of hydrogen-bond acceptors (Lipinski definition) is 7. The zero-order valence-corrected chi connectivity index (χ0v) is 17.8. The van der Waals surface area contributed by atoms with E-state index in [0.717, 1.165) is 11.3 Å². The molecule has 1 aliphatic heterocycles. The van der Waals surface area contributed by atoms with Crippen LogP contribution in [0.5, 0.6) is 11.5 Å². The summed E-state index contributed by atoms with van der Waals surface area (Å²) in [5.74, 6) is 0.610. The average Bonchev–Trinajstić information content (AvgIpc) is 3.18. The number of ether oxygens (including phenoxy) is 3. The highest BCUT2D eigenvalue weighted by atomic mass is 16.6. The summed E-state index contributed by atoms with van der Waals surface area (Å²) in [6.45, 7) is 2.44. The highest BCUT2D eigenvalue weighted by Gasteiger charge is 2.25. The lowest BCUT2D eigenvalue weighted by atomic mass is 10.1. The number of aliphatic imine (C=N–C) groups is 1. The maximum atomic E-state index is 12.3. The molecule has 1 heterocycles. The molecule has 8 heteroatoms. The second kappa shape index (κ2) is 9.78. The summed E-state index contributed by atoms with van der Waals surface area (Å²) < 4.78 is 16.7. The minimum atomic E-state index is -0.644. The lowest BCUT2D eigenvalue weighted by Crippen LogP contribution is -2.10. The van der Waals surface area contributed by atoms with Gasteiger partial charge in [0, 0.05) is 23.3 Å². The van der Waals surface area contributed by atoms with Crippen molar-refractivity contribution < 1.29 is 23.9 Å². The first-order valence-corrected chi connectivity index (χ1v) is 10.2. The van der Waals surface area contributed by atoms with Gasteiger partial charge in [-0.1, -0.05) is 30.3 Å². The number of cyclic esters (lactones) is 1. The Kier molecular flexibility index (Phi) is 6.45. The third-order valence-corrected chi connectivity index (χ3v) is 4.74. The summed E-state index contributed by atoms with van der Waals surface area (Å²) in [7, 11) is 0. The van der Waals surface area contributed by atoms with Gasteiger partial charge in [-0.05, 0) is 48.9 Å². The molecule has 0 aromatic heterocycles. The Labute approximate surface area is 189 Å². The quantitative estimate of drug-likeness (QED) is 0.164. The van der Waals surface area contributed by atoms with Crippen LogP contribution in [0.25, 0.3) is 6.08 Å². The smallest absolute Gasteiger partial charge is 0.363 e. The Hall–Kier alpha value is -4.46. The maximum absolute atomic E-state index is 12.3. The molecular formula is C25H20N2O6. The van der Waals surface area contributed by atoms with Gasteiger partial charge in [-0.15, -0.1) is 0 Å². The second-order valence-electron chi connectivity index (χ2n) is 7.19. The fourth-order valence-electron chi connectivity index (χ4n) is 3.17. The van der Waals surface area contributed by atoms with Crippen LogP contribution < -0.4 is 9.47 Å². The lowest BCUT2D eigenvalue weighted by Gasteiger charge is -2.11. The topological polar surface area (TPSA) is 100 Å². The molecular weight excluding hydrogens is 424 g/mol. The molecule has 0 amide bonds. The van der Waals surface area contributed by atoms with Crippen LogP contribution >= 0.6 is 0 Å². The number of nitro benzene ring substituents is 1. The minimum absolute atomic E-state index is 0.0233. The normalized spacial score (nSPS) is 14.0. The molecule has 3 aromatic rings. The number of rotatable bonds is 8. The number of carbonyl (C=O) groups excluding carboxylic acids is 1. The number of benzene rings is 3. The van der Waals surface area contributed by atoms with Crippen LogP contribution in [0.1, 0.15) is 16.7 Å². The van der Waals surface area contributed by atoms with Crippen molar-refractivity contribution in [1.82, 2.24) is 0 Å². The summed E-state index contributed by atoms with van der Waals surface area (Å²) in [5, 5.41) is 11.3. The fourth-order valence-corrected chi connectivity index (χ4v) is 3.17. The van der Waals surface area contributed by atoms with Gasteiger partial charge in [0.05, 0.1) is 4.92 Å². The lowest BCUT2D eigenvalue weighted by molar-refractivity contribution is -0.384. The fraction of sp³-hybridized carbons (Fsp3) is 0.120. The highest BCUT2D eigenvalue weighted by Crippen LogP contribution is 2.28. The first-order valence-electron chi connectivity index (χ1n) is 10.2. The Morgan fingerprint density at radius 2 is 1.79 bits per heavy atom. The number of nitrogens with zero attached hydrogens (tertiary/aromatic N) is 2. The number of hydrogen-bond donors (Lipinski definition) is 0. The molecule has 0 spiro atoms. The summed E-state index contributed by atoms with van der Waals surface area (Å²) in [6, 6.07) is 20.8. The summed E-state index contributed by atoms with van der Waals surface area (Å²) in [6.07, 6.45) is 1.42. The Balaban J connectivity index is 1.53. The van der Waals surface area contributed by atoms with E-state index < -0.39 is 10.9 Å². The highest BCUT2D eigenvalue weighted by molar-refractivity contribution is 6.12. The van der Waals surface area contributed by atoms with Crippen LogP contribution in [0.4, 0.5) is 5.69 Å². The Morgan fingerprint density at radius 1 is 1.00 bits per heavy atom. The molecule has 0 unspecified atom stereocenters. The van der Waals surface area contributed by atoms with Crippen LogP contribution in [-0.4, -0.2) is 30.0 Å². The largest absolute Gasteiger partial charge is 0.490 e. The van der Waals surface area contributed by atoms with Crippen molar-refractivity contribution in [2.45, 2.75) is 6.92 Å². The van der Waals surface area contributed by atoms with Crippen LogP contribution in [0.2, 0.25) is 0 Å². The number of carbonyl (C=O) groups is 1. The molecule has 0 radical (unpaired) electrons. The Bertz CT molecular complexity index is 1250. The van der Waals surface area contributed by atoms with E-state index >= 15 is 0 Å². The number of non-ortho nitro benzene ring substituents is 1. The van der Waals surface area contributed by atoms with E-state index in [9.17, 15) is 14.9 Å². The predicted octanol–water partition coefficient (Wildman–Crippen LogP) is 4.71. The molecule has 8 nitrogen and oxygen atoms in total. The molecule has 0 bridgehead atoms. The van der Waals surface area contributed by atoms with Gasteiger partial charge in [0.1, 0.15) is 24.7 Å². The van der Waals surface area contributed by atoms with E-state index in [1.807, 2.05) is 37.3 Å². The number of nitro groups is 1. The van der Waals surface area contributed by atoms with Crippen molar-refractivity contribution in [2.24, 2.45) is 4.99 Å². The molecule has 4 rings (SSSR count). The SMILES string of the molecule is Cc1cccc(OCCOc2ccc([N+](=O)[O-])cc2C=C2N=C(c3ccccc3)OC2=O)c1. The van der Waals surface area contributed by atoms with Gasteiger partial charge in [0.2, 0.25) is 5.90 Å². The minimum Gasteiger partial charge on any atom is -0.490 e. The zero-order chi connectivity index (χ0) is 23.2. The Morgan fingerprint density at radius 3 is 2.55 bits per heavy atom. The van der Waals surface area contributed by atoms with Gasteiger partial charge in [0.15, 0.2) is 5.70 Å². The van der Waals surface area contributed by atoms with Crippen molar-refractivity contribution in [1.29, 1.82) is 0 Å². The van der Waals surface area contributed by atoms with Crippen molar-refractivity contribution >= 4 is 23.6 Å². The molecule has 0 saturated carbocycles. The van der Waals surface area contributed by atoms with Crippen molar-refractivity contribution in [3.8, 4) is 11.5 Å². The van der Waals surface area contributed by atoms with E-state index in [-0.39, 0.29) is 30.5 Å². The second-order valence-corrected chi connectivity index (χ2v) is 7.19. The maximum Gasteiger partial charge on any atom is 0.363 e. The van der Waals surface area contributed by atoms with Gasteiger partial charge in [-0.2, -0.15) is 0 Å². The molecule has 0 atom stereocenters. The van der Waals surface area contributed by atoms with Gasteiger partial charge >= 0.3 is 5.97 Å². The van der Waals surface area contributed by atoms with E-state index in [2.05, 4.69) is 4.99 Å². The summed E-state index contributed by atoms with van der Waals surface area (Å²) >= 11 is 0. The van der Waals surface area contributed by atoms with E-state index in [4.69, 9.17) is 14.2 Å². The van der Waals surface area contributed by atoms with Crippen molar-refractivity contribution in [3.05, 3.63) is 105 Å². The van der Waals surface area contributed by atoms with Gasteiger partial charge in [-0.25, -0.2) is 9.79 Å². The average molecular weight is 444 g/mol. The molecule has 166 valence electrons. The molecule has 1 aliphatic rings. The molecule has 0 fully saturated rings. The van der Waals surface area contributed by atoms with Crippen LogP contribution in [0.3, 0.4) is 0 Å². The van der Waals surface area contributed by atoms with E-state index in [1.165, 1.54) is 24.3 Å². The number of esters is 1. The third-order valence-electron chi connectivity index (χ3n) is 4.74. The first-order chi connectivity index (χ1) is 16.0. The van der Waals surface area contributed by atoms with Gasteiger partial charge in [-0.3, -0.25) is 10.1 Å². The standard InChI is InChI=1S/C25H20N2O6/c1-17-6-5-9-21(14-17)31-12-13-32-23-11-10-20(27(29)30)15-19(23)16-22-25(28)33-24(26-22)18-7-3-2-4-8-18/h2-11,14-16H,12-13H2,1H3. The monoisotopic (exact) mass is 444 g/mol.